The molecule has 1 aliphatic heterocycles. The Hall–Kier alpha value is -0.440. The highest BCUT2D eigenvalue weighted by Gasteiger charge is 2.15. The summed E-state index contributed by atoms with van der Waals surface area (Å²) in [7, 11) is 0. The van der Waals surface area contributed by atoms with Crippen LogP contribution < -0.4 is 5.32 Å². The second-order valence-electron chi connectivity index (χ2n) is 3.73. The summed E-state index contributed by atoms with van der Waals surface area (Å²) in [5, 5.41) is 4.64. The lowest BCUT2D eigenvalue weighted by Gasteiger charge is -2.12. The average molecular weight is 246 g/mol. The summed E-state index contributed by atoms with van der Waals surface area (Å²) in [5.41, 5.74) is 0.938. The van der Waals surface area contributed by atoms with Crippen LogP contribution in [0.2, 0.25) is 10.0 Å². The summed E-state index contributed by atoms with van der Waals surface area (Å²) in [6, 6.07) is 5.48. The molecule has 0 amide bonds. The molecule has 1 aromatic rings. The van der Waals surface area contributed by atoms with Gasteiger partial charge in [0, 0.05) is 24.1 Å². The lowest BCUT2D eigenvalue weighted by molar-refractivity contribution is 0.187. The van der Waals surface area contributed by atoms with E-state index in [1.54, 1.807) is 6.07 Å². The standard InChI is InChI=1S/C11H13Cl2NO/c12-9-1-2-11(10(13)5-9)14-6-8-3-4-15-7-8/h1-2,5,8,14H,3-4,6-7H2. The molecule has 1 aliphatic rings. The Kier molecular flexibility index (Phi) is 3.73. The van der Waals surface area contributed by atoms with Crippen LogP contribution >= 0.6 is 23.2 Å². The van der Waals surface area contributed by atoms with Crippen molar-refractivity contribution in [2.45, 2.75) is 6.42 Å². The van der Waals surface area contributed by atoms with Gasteiger partial charge in [-0.2, -0.15) is 0 Å². The topological polar surface area (TPSA) is 21.3 Å². The lowest BCUT2D eigenvalue weighted by atomic mass is 10.1. The SMILES string of the molecule is Clc1ccc(NCC2CCOC2)c(Cl)c1. The Morgan fingerprint density at radius 1 is 1.40 bits per heavy atom. The second kappa shape index (κ2) is 5.06. The van der Waals surface area contributed by atoms with Crippen LogP contribution in [0, 0.1) is 5.92 Å². The molecule has 0 aliphatic carbocycles. The van der Waals surface area contributed by atoms with Gasteiger partial charge in [-0.15, -0.1) is 0 Å². The summed E-state index contributed by atoms with van der Waals surface area (Å²) in [5.74, 6) is 0.594. The van der Waals surface area contributed by atoms with E-state index in [0.29, 0.717) is 16.0 Å². The lowest BCUT2D eigenvalue weighted by Crippen LogP contribution is -2.14. The first-order valence-corrected chi connectivity index (χ1v) is 5.78. The van der Waals surface area contributed by atoms with Gasteiger partial charge in [0.25, 0.3) is 0 Å². The van der Waals surface area contributed by atoms with E-state index in [-0.39, 0.29) is 0 Å². The zero-order valence-corrected chi connectivity index (χ0v) is 9.81. The normalized spacial score (nSPS) is 20.5. The molecule has 82 valence electrons. The quantitative estimate of drug-likeness (QED) is 0.881. The third kappa shape index (κ3) is 3.00. The molecule has 1 aromatic carbocycles. The van der Waals surface area contributed by atoms with Gasteiger partial charge in [-0.25, -0.2) is 0 Å². The van der Waals surface area contributed by atoms with Gasteiger partial charge < -0.3 is 10.1 Å². The van der Waals surface area contributed by atoms with E-state index < -0.39 is 0 Å². The largest absolute Gasteiger partial charge is 0.383 e. The van der Waals surface area contributed by atoms with Gasteiger partial charge in [0.05, 0.1) is 17.3 Å². The zero-order valence-electron chi connectivity index (χ0n) is 8.30. The van der Waals surface area contributed by atoms with Crippen molar-refractivity contribution in [3.8, 4) is 0 Å². The fourth-order valence-electron chi connectivity index (χ4n) is 1.63. The van der Waals surface area contributed by atoms with E-state index in [2.05, 4.69) is 5.32 Å². The molecule has 1 heterocycles. The van der Waals surface area contributed by atoms with Gasteiger partial charge in [-0.3, -0.25) is 0 Å². The van der Waals surface area contributed by atoms with E-state index in [4.69, 9.17) is 27.9 Å². The molecule has 0 spiro atoms. The van der Waals surface area contributed by atoms with Crippen LogP contribution in [0.4, 0.5) is 5.69 Å². The number of ether oxygens (including phenoxy) is 1. The second-order valence-corrected chi connectivity index (χ2v) is 4.58. The zero-order chi connectivity index (χ0) is 10.7. The molecular formula is C11H13Cl2NO. The number of anilines is 1. The van der Waals surface area contributed by atoms with Gasteiger partial charge in [0.2, 0.25) is 0 Å². The number of nitrogens with one attached hydrogen (secondary N) is 1. The van der Waals surface area contributed by atoms with E-state index in [1.165, 1.54) is 0 Å². The molecule has 1 unspecified atom stereocenters. The highest BCUT2D eigenvalue weighted by Crippen LogP contribution is 2.26. The van der Waals surface area contributed by atoms with Gasteiger partial charge in [-0.05, 0) is 24.6 Å². The Bertz CT molecular complexity index is 337. The third-order valence-electron chi connectivity index (χ3n) is 2.54. The predicted octanol–water partition coefficient (Wildman–Crippen LogP) is 3.44. The Morgan fingerprint density at radius 3 is 2.93 bits per heavy atom. The van der Waals surface area contributed by atoms with Crippen molar-refractivity contribution in [3.05, 3.63) is 28.2 Å². The first-order chi connectivity index (χ1) is 7.25. The molecule has 1 fully saturated rings. The molecule has 0 aromatic heterocycles. The van der Waals surface area contributed by atoms with Crippen molar-refractivity contribution in [3.63, 3.8) is 0 Å². The molecule has 1 saturated heterocycles. The summed E-state index contributed by atoms with van der Waals surface area (Å²) in [4.78, 5) is 0. The number of rotatable bonds is 3. The van der Waals surface area contributed by atoms with Crippen molar-refractivity contribution in [2.24, 2.45) is 5.92 Å². The van der Waals surface area contributed by atoms with Gasteiger partial charge in [0.1, 0.15) is 0 Å². The van der Waals surface area contributed by atoms with Crippen molar-refractivity contribution < 1.29 is 4.74 Å². The molecule has 0 radical (unpaired) electrons. The molecule has 0 saturated carbocycles. The van der Waals surface area contributed by atoms with Crippen LogP contribution in [0.25, 0.3) is 0 Å². The van der Waals surface area contributed by atoms with Crippen molar-refractivity contribution in [1.82, 2.24) is 0 Å². The fourth-order valence-corrected chi connectivity index (χ4v) is 2.11. The third-order valence-corrected chi connectivity index (χ3v) is 3.08. The number of hydrogen-bond acceptors (Lipinski definition) is 2. The van der Waals surface area contributed by atoms with Crippen LogP contribution in [0.15, 0.2) is 18.2 Å². The van der Waals surface area contributed by atoms with Crippen molar-refractivity contribution in [2.75, 3.05) is 25.1 Å². The van der Waals surface area contributed by atoms with Gasteiger partial charge in [-0.1, -0.05) is 23.2 Å². The maximum absolute atomic E-state index is 6.04. The summed E-state index contributed by atoms with van der Waals surface area (Å²) in [6.45, 7) is 2.63. The minimum absolute atomic E-state index is 0.594. The van der Waals surface area contributed by atoms with Crippen molar-refractivity contribution >= 4 is 28.9 Å². The van der Waals surface area contributed by atoms with E-state index in [9.17, 15) is 0 Å². The maximum atomic E-state index is 6.04. The molecule has 15 heavy (non-hydrogen) atoms. The first-order valence-electron chi connectivity index (χ1n) is 5.02. The highest BCUT2D eigenvalue weighted by molar-refractivity contribution is 6.36. The van der Waals surface area contributed by atoms with Crippen molar-refractivity contribution in [1.29, 1.82) is 0 Å². The van der Waals surface area contributed by atoms with E-state index in [0.717, 1.165) is 31.9 Å². The van der Waals surface area contributed by atoms with Crippen LogP contribution in [-0.4, -0.2) is 19.8 Å². The molecular weight excluding hydrogens is 233 g/mol. The Labute approximate surface area is 99.5 Å². The number of hydrogen-bond donors (Lipinski definition) is 1. The molecule has 2 nitrogen and oxygen atoms in total. The molecule has 1 atom stereocenters. The summed E-state index contributed by atoms with van der Waals surface area (Å²) >= 11 is 11.8. The Morgan fingerprint density at radius 2 is 2.27 bits per heavy atom. The minimum atomic E-state index is 0.594. The summed E-state index contributed by atoms with van der Waals surface area (Å²) < 4.78 is 5.30. The predicted molar refractivity (Wildman–Crippen MR) is 63.9 cm³/mol. The van der Waals surface area contributed by atoms with Crippen LogP contribution in [0.1, 0.15) is 6.42 Å². The molecule has 1 N–H and O–H groups in total. The number of benzene rings is 1. The minimum Gasteiger partial charge on any atom is -0.383 e. The van der Waals surface area contributed by atoms with Crippen LogP contribution in [0.5, 0.6) is 0 Å². The smallest absolute Gasteiger partial charge is 0.0652 e. The van der Waals surface area contributed by atoms with Gasteiger partial charge >= 0.3 is 0 Å². The first kappa shape index (κ1) is 11.1. The number of halogens is 2. The Balaban J connectivity index is 1.92. The van der Waals surface area contributed by atoms with Crippen LogP contribution in [-0.2, 0) is 4.74 Å². The molecule has 0 bridgehead atoms. The summed E-state index contributed by atoms with van der Waals surface area (Å²) in [6.07, 6.45) is 1.12. The highest BCUT2D eigenvalue weighted by atomic mass is 35.5. The van der Waals surface area contributed by atoms with Crippen LogP contribution in [0.3, 0.4) is 0 Å². The van der Waals surface area contributed by atoms with E-state index in [1.807, 2.05) is 12.1 Å². The maximum Gasteiger partial charge on any atom is 0.0652 e. The monoisotopic (exact) mass is 245 g/mol. The fraction of sp³-hybridized carbons (Fsp3) is 0.455. The molecule has 4 heteroatoms. The molecule has 2 rings (SSSR count). The average Bonchev–Trinajstić information content (AvgIpc) is 2.69. The van der Waals surface area contributed by atoms with E-state index >= 15 is 0 Å². The van der Waals surface area contributed by atoms with Gasteiger partial charge in [0.15, 0.2) is 0 Å².